The van der Waals surface area contributed by atoms with Crippen molar-refractivity contribution >= 4 is 11.6 Å². The molecule has 126 valence electrons. The lowest BCUT2D eigenvalue weighted by molar-refractivity contribution is -0.117. The third kappa shape index (κ3) is 3.05. The Hall–Kier alpha value is -2.95. The number of para-hydroxylation sites is 1. The summed E-state index contributed by atoms with van der Waals surface area (Å²) in [5.41, 5.74) is 3.11. The maximum Gasteiger partial charge on any atom is 0.232 e. The number of rotatable bonds is 4. The first-order valence-electron chi connectivity index (χ1n) is 8.53. The van der Waals surface area contributed by atoms with E-state index in [1.54, 1.807) is 4.90 Å². The van der Waals surface area contributed by atoms with Gasteiger partial charge in [-0.3, -0.25) is 4.79 Å². The van der Waals surface area contributed by atoms with Crippen LogP contribution in [0.3, 0.4) is 0 Å². The third-order valence-electron chi connectivity index (χ3n) is 4.60. The van der Waals surface area contributed by atoms with E-state index in [-0.39, 0.29) is 11.8 Å². The van der Waals surface area contributed by atoms with Crippen molar-refractivity contribution in [3.05, 3.63) is 66.1 Å². The van der Waals surface area contributed by atoms with Gasteiger partial charge in [0.05, 0.1) is 5.92 Å². The highest BCUT2D eigenvalue weighted by molar-refractivity contribution is 5.96. The lowest BCUT2D eigenvalue weighted by Gasteiger charge is -2.15. The van der Waals surface area contributed by atoms with E-state index in [1.807, 2.05) is 42.5 Å². The van der Waals surface area contributed by atoms with Crippen LogP contribution in [0.25, 0.3) is 11.4 Å². The van der Waals surface area contributed by atoms with Gasteiger partial charge in [0.1, 0.15) is 0 Å². The summed E-state index contributed by atoms with van der Waals surface area (Å²) in [5, 5.41) is 4.09. The molecule has 4 rings (SSSR count). The van der Waals surface area contributed by atoms with E-state index in [0.717, 1.165) is 17.7 Å². The van der Waals surface area contributed by atoms with Gasteiger partial charge in [0.25, 0.3) is 0 Å². The summed E-state index contributed by atoms with van der Waals surface area (Å²) in [6.45, 7) is 2.69. The van der Waals surface area contributed by atoms with Crippen LogP contribution >= 0.6 is 0 Å². The van der Waals surface area contributed by atoms with Gasteiger partial charge in [-0.1, -0.05) is 54.5 Å². The molecule has 1 unspecified atom stereocenters. The molecule has 1 aromatic heterocycles. The zero-order chi connectivity index (χ0) is 17.2. The van der Waals surface area contributed by atoms with Crippen molar-refractivity contribution in [2.45, 2.75) is 25.7 Å². The predicted octanol–water partition coefficient (Wildman–Crippen LogP) is 3.82. The highest BCUT2D eigenvalue weighted by atomic mass is 16.5. The van der Waals surface area contributed by atoms with Crippen LogP contribution in [0, 0.1) is 0 Å². The first-order chi connectivity index (χ1) is 12.2. The molecule has 0 aliphatic carbocycles. The number of aromatic nitrogens is 2. The van der Waals surface area contributed by atoms with Crippen molar-refractivity contribution in [3.63, 3.8) is 0 Å². The Kier molecular flexibility index (Phi) is 4.06. The highest BCUT2D eigenvalue weighted by Gasteiger charge is 2.35. The zero-order valence-electron chi connectivity index (χ0n) is 14.1. The predicted molar refractivity (Wildman–Crippen MR) is 95.3 cm³/mol. The van der Waals surface area contributed by atoms with E-state index in [2.05, 4.69) is 29.2 Å². The summed E-state index contributed by atoms with van der Waals surface area (Å²) >= 11 is 0. The molecule has 1 aliphatic rings. The smallest absolute Gasteiger partial charge is 0.232 e. The maximum absolute atomic E-state index is 12.3. The van der Waals surface area contributed by atoms with Gasteiger partial charge in [0.2, 0.25) is 17.6 Å². The van der Waals surface area contributed by atoms with Gasteiger partial charge in [-0.15, -0.1) is 0 Å². The topological polar surface area (TPSA) is 59.2 Å². The summed E-state index contributed by atoms with van der Waals surface area (Å²) in [6, 6.07) is 17.8. The van der Waals surface area contributed by atoms with Crippen LogP contribution in [0.1, 0.15) is 30.7 Å². The Morgan fingerprint density at radius 3 is 2.60 bits per heavy atom. The SMILES string of the molecule is CCc1ccc(-c2noc(C3CC(=O)N(c4ccccc4)C3)n2)cc1. The lowest BCUT2D eigenvalue weighted by Crippen LogP contribution is -2.24. The highest BCUT2D eigenvalue weighted by Crippen LogP contribution is 2.31. The number of aryl methyl sites for hydroxylation is 1. The molecule has 25 heavy (non-hydrogen) atoms. The summed E-state index contributed by atoms with van der Waals surface area (Å²) in [6.07, 6.45) is 1.39. The minimum Gasteiger partial charge on any atom is -0.339 e. The molecule has 1 fully saturated rings. The largest absolute Gasteiger partial charge is 0.339 e. The normalized spacial score (nSPS) is 17.2. The van der Waals surface area contributed by atoms with E-state index in [4.69, 9.17) is 4.52 Å². The van der Waals surface area contributed by atoms with E-state index in [0.29, 0.717) is 24.7 Å². The van der Waals surface area contributed by atoms with Gasteiger partial charge in [0.15, 0.2) is 0 Å². The molecule has 5 heteroatoms. The fourth-order valence-electron chi connectivity index (χ4n) is 3.14. The van der Waals surface area contributed by atoms with Crippen molar-refractivity contribution in [2.24, 2.45) is 0 Å². The number of benzene rings is 2. The summed E-state index contributed by atoms with van der Waals surface area (Å²) in [7, 11) is 0. The molecule has 1 saturated heterocycles. The Balaban J connectivity index is 1.53. The maximum atomic E-state index is 12.3. The number of carbonyl (C=O) groups excluding carboxylic acids is 1. The van der Waals surface area contributed by atoms with Crippen molar-refractivity contribution in [1.82, 2.24) is 10.1 Å². The summed E-state index contributed by atoms with van der Waals surface area (Å²) in [4.78, 5) is 18.6. The Labute approximate surface area is 146 Å². The van der Waals surface area contributed by atoms with Crippen LogP contribution in [0.5, 0.6) is 0 Å². The molecule has 0 saturated carbocycles. The molecule has 0 N–H and O–H groups in total. The molecular weight excluding hydrogens is 314 g/mol. The van der Waals surface area contributed by atoms with Crippen molar-refractivity contribution in [3.8, 4) is 11.4 Å². The van der Waals surface area contributed by atoms with Gasteiger partial charge in [0, 0.05) is 24.2 Å². The van der Waals surface area contributed by atoms with Crippen LogP contribution in [0.2, 0.25) is 0 Å². The van der Waals surface area contributed by atoms with Crippen LogP contribution in [-0.2, 0) is 11.2 Å². The number of hydrogen-bond donors (Lipinski definition) is 0. The number of hydrogen-bond acceptors (Lipinski definition) is 4. The molecule has 0 spiro atoms. The minimum absolute atomic E-state index is 0.0659. The minimum atomic E-state index is -0.0659. The third-order valence-corrected chi connectivity index (χ3v) is 4.60. The number of nitrogens with zero attached hydrogens (tertiary/aromatic N) is 3. The average molecular weight is 333 g/mol. The van der Waals surface area contributed by atoms with Crippen LogP contribution in [0.15, 0.2) is 59.1 Å². The van der Waals surface area contributed by atoms with Crippen LogP contribution in [-0.4, -0.2) is 22.6 Å². The number of anilines is 1. The monoisotopic (exact) mass is 333 g/mol. The first kappa shape index (κ1) is 15.6. The van der Waals surface area contributed by atoms with E-state index >= 15 is 0 Å². The van der Waals surface area contributed by atoms with E-state index in [1.165, 1.54) is 5.56 Å². The average Bonchev–Trinajstić information content (AvgIpc) is 3.29. The lowest BCUT2D eigenvalue weighted by atomic mass is 10.1. The Morgan fingerprint density at radius 2 is 1.88 bits per heavy atom. The molecular formula is C20H19N3O2. The summed E-state index contributed by atoms with van der Waals surface area (Å²) in [5.74, 6) is 1.12. The molecule has 1 atom stereocenters. The van der Waals surface area contributed by atoms with Gasteiger partial charge < -0.3 is 9.42 Å². The molecule has 2 heterocycles. The second kappa shape index (κ2) is 6.51. The van der Waals surface area contributed by atoms with Crippen molar-refractivity contribution in [1.29, 1.82) is 0 Å². The second-order valence-electron chi connectivity index (χ2n) is 6.25. The second-order valence-corrected chi connectivity index (χ2v) is 6.25. The fraction of sp³-hybridized carbons (Fsp3) is 0.250. The molecule has 5 nitrogen and oxygen atoms in total. The standard InChI is InChI=1S/C20H19N3O2/c1-2-14-8-10-15(11-9-14)19-21-20(25-22-19)16-12-18(24)23(13-16)17-6-4-3-5-7-17/h3-11,16H,2,12-13H2,1H3. The first-order valence-corrected chi connectivity index (χ1v) is 8.53. The van der Waals surface area contributed by atoms with E-state index < -0.39 is 0 Å². The fourth-order valence-corrected chi connectivity index (χ4v) is 3.14. The molecule has 0 bridgehead atoms. The Bertz CT molecular complexity index is 871. The molecule has 0 radical (unpaired) electrons. The molecule has 1 amide bonds. The van der Waals surface area contributed by atoms with E-state index in [9.17, 15) is 4.79 Å². The quantitative estimate of drug-likeness (QED) is 0.728. The van der Waals surface area contributed by atoms with Gasteiger partial charge in [-0.2, -0.15) is 4.98 Å². The van der Waals surface area contributed by atoms with Crippen molar-refractivity contribution < 1.29 is 9.32 Å². The van der Waals surface area contributed by atoms with Crippen LogP contribution < -0.4 is 4.90 Å². The molecule has 3 aromatic rings. The zero-order valence-corrected chi connectivity index (χ0v) is 14.1. The van der Waals surface area contributed by atoms with Gasteiger partial charge in [-0.05, 0) is 24.1 Å². The van der Waals surface area contributed by atoms with Gasteiger partial charge in [-0.25, -0.2) is 0 Å². The Morgan fingerprint density at radius 1 is 1.12 bits per heavy atom. The van der Waals surface area contributed by atoms with Crippen LogP contribution in [0.4, 0.5) is 5.69 Å². The van der Waals surface area contributed by atoms with Crippen molar-refractivity contribution in [2.75, 3.05) is 11.4 Å². The molecule has 2 aromatic carbocycles. The number of carbonyl (C=O) groups is 1. The van der Waals surface area contributed by atoms with Gasteiger partial charge >= 0.3 is 0 Å². The molecule has 1 aliphatic heterocycles. The number of amides is 1. The summed E-state index contributed by atoms with van der Waals surface area (Å²) < 4.78 is 5.45.